The molecule has 0 aliphatic heterocycles. The van der Waals surface area contributed by atoms with Gasteiger partial charge >= 0.3 is 0 Å². The Labute approximate surface area is 148 Å². The molecular formula is C18H19N5O3. The minimum Gasteiger partial charge on any atom is -0.348 e. The van der Waals surface area contributed by atoms with E-state index in [0.717, 1.165) is 23.4 Å². The molecule has 0 aliphatic carbocycles. The minimum atomic E-state index is -0.390. The van der Waals surface area contributed by atoms with Crippen LogP contribution in [0.5, 0.6) is 0 Å². The summed E-state index contributed by atoms with van der Waals surface area (Å²) in [6.07, 6.45) is 5.46. The van der Waals surface area contributed by atoms with Gasteiger partial charge in [0.15, 0.2) is 0 Å². The van der Waals surface area contributed by atoms with Crippen LogP contribution in [0.1, 0.15) is 23.9 Å². The van der Waals surface area contributed by atoms with Crippen LogP contribution in [-0.2, 0) is 11.3 Å². The van der Waals surface area contributed by atoms with Crippen LogP contribution in [-0.4, -0.2) is 27.0 Å². The zero-order valence-electron chi connectivity index (χ0n) is 14.4. The standard InChI is InChI=1S/C18H19N5O3/c1-3-13-14(20-10-19-13)9-16-18(25)21-15(17(24)22-16)8-11-4-6-12(7-5-11)23-26-2/h4-10,23H,3H2,1-2H3,(H,19,20)(H,21,25)(H,22,24)/b15-8-,16-9-. The Morgan fingerprint density at radius 1 is 1.08 bits per heavy atom. The highest BCUT2D eigenvalue weighted by molar-refractivity contribution is 5.53. The second-order valence-electron chi connectivity index (χ2n) is 5.57. The van der Waals surface area contributed by atoms with E-state index >= 15 is 0 Å². The number of nitrogens with zero attached hydrogens (tertiary/aromatic N) is 1. The van der Waals surface area contributed by atoms with E-state index in [9.17, 15) is 9.59 Å². The first kappa shape index (κ1) is 17.4. The molecular weight excluding hydrogens is 334 g/mol. The molecule has 2 aromatic heterocycles. The third-order valence-corrected chi connectivity index (χ3v) is 3.81. The molecule has 4 N–H and O–H groups in total. The van der Waals surface area contributed by atoms with E-state index in [2.05, 4.69) is 25.4 Å². The van der Waals surface area contributed by atoms with Crippen molar-refractivity contribution in [3.8, 4) is 0 Å². The summed E-state index contributed by atoms with van der Waals surface area (Å²) >= 11 is 0. The lowest BCUT2D eigenvalue weighted by molar-refractivity contribution is 0.271. The number of hydrogen-bond donors (Lipinski definition) is 4. The first-order valence-electron chi connectivity index (χ1n) is 8.08. The van der Waals surface area contributed by atoms with Crippen molar-refractivity contribution >= 4 is 17.8 Å². The number of hydrogen-bond acceptors (Lipinski definition) is 5. The summed E-state index contributed by atoms with van der Waals surface area (Å²) in [5, 5.41) is 0.339. The molecule has 2 heterocycles. The lowest BCUT2D eigenvalue weighted by Crippen LogP contribution is -2.46. The molecule has 0 bridgehead atoms. The fourth-order valence-electron chi connectivity index (χ4n) is 2.50. The van der Waals surface area contributed by atoms with Gasteiger partial charge in [0.2, 0.25) is 0 Å². The van der Waals surface area contributed by atoms with E-state index in [1.54, 1.807) is 42.7 Å². The van der Waals surface area contributed by atoms with Crippen LogP contribution in [0.4, 0.5) is 5.69 Å². The third-order valence-electron chi connectivity index (χ3n) is 3.81. The van der Waals surface area contributed by atoms with E-state index in [1.165, 1.54) is 7.11 Å². The van der Waals surface area contributed by atoms with Crippen molar-refractivity contribution in [3.63, 3.8) is 0 Å². The normalized spacial score (nSPS) is 12.5. The minimum absolute atomic E-state index is 0.161. The lowest BCUT2D eigenvalue weighted by atomic mass is 10.2. The average Bonchev–Trinajstić information content (AvgIpc) is 3.08. The molecule has 0 saturated carbocycles. The summed E-state index contributed by atoms with van der Waals surface area (Å²) in [7, 11) is 1.52. The number of benzene rings is 1. The molecule has 0 amide bonds. The van der Waals surface area contributed by atoms with Crippen LogP contribution in [0.15, 0.2) is 40.2 Å². The first-order valence-corrected chi connectivity index (χ1v) is 8.08. The van der Waals surface area contributed by atoms with Crippen LogP contribution in [0.3, 0.4) is 0 Å². The van der Waals surface area contributed by atoms with E-state index < -0.39 is 5.56 Å². The zero-order valence-corrected chi connectivity index (χ0v) is 14.4. The zero-order chi connectivity index (χ0) is 18.5. The number of nitrogens with one attached hydrogen (secondary N) is 4. The molecule has 0 fully saturated rings. The van der Waals surface area contributed by atoms with Crippen LogP contribution < -0.4 is 27.3 Å². The molecule has 8 heteroatoms. The molecule has 26 heavy (non-hydrogen) atoms. The number of aromatic nitrogens is 4. The maximum atomic E-state index is 12.3. The van der Waals surface area contributed by atoms with Crippen molar-refractivity contribution in [2.45, 2.75) is 13.3 Å². The van der Waals surface area contributed by atoms with Gasteiger partial charge < -0.3 is 15.0 Å². The Morgan fingerprint density at radius 2 is 1.73 bits per heavy atom. The highest BCUT2D eigenvalue weighted by atomic mass is 16.6. The predicted octanol–water partition coefficient (Wildman–Crippen LogP) is -0.0204. The Bertz CT molecular complexity index is 1120. The van der Waals surface area contributed by atoms with Crippen molar-refractivity contribution in [2.24, 2.45) is 0 Å². The SMILES string of the molecule is CCc1[nH]cnc1/C=c1\[nH]c(=O)/c(=C/c2ccc(NOC)cc2)[nH]c1=O. The Balaban J connectivity index is 2.02. The third kappa shape index (κ3) is 3.81. The number of aromatic amines is 3. The van der Waals surface area contributed by atoms with Crippen molar-refractivity contribution in [1.82, 2.24) is 19.9 Å². The largest absolute Gasteiger partial charge is 0.348 e. The van der Waals surface area contributed by atoms with Gasteiger partial charge in [0.25, 0.3) is 11.1 Å². The molecule has 0 aliphatic rings. The Morgan fingerprint density at radius 3 is 2.35 bits per heavy atom. The van der Waals surface area contributed by atoms with Gasteiger partial charge in [-0.2, -0.15) is 0 Å². The van der Waals surface area contributed by atoms with Crippen molar-refractivity contribution in [3.05, 3.63) is 78.9 Å². The van der Waals surface area contributed by atoms with Crippen LogP contribution in [0.25, 0.3) is 12.2 Å². The van der Waals surface area contributed by atoms with Crippen molar-refractivity contribution in [1.29, 1.82) is 0 Å². The van der Waals surface area contributed by atoms with E-state index in [0.29, 0.717) is 5.69 Å². The monoisotopic (exact) mass is 353 g/mol. The Hall–Kier alpha value is -3.39. The molecule has 134 valence electrons. The summed E-state index contributed by atoms with van der Waals surface area (Å²) in [4.78, 5) is 41.8. The summed E-state index contributed by atoms with van der Waals surface area (Å²) in [5.74, 6) is 0. The summed E-state index contributed by atoms with van der Waals surface area (Å²) in [6, 6.07) is 7.20. The van der Waals surface area contributed by atoms with Gasteiger partial charge in [-0.05, 0) is 36.3 Å². The fraction of sp³-hybridized carbons (Fsp3) is 0.167. The molecule has 1 aromatic carbocycles. The van der Waals surface area contributed by atoms with Crippen molar-refractivity contribution < 1.29 is 4.84 Å². The molecule has 0 unspecified atom stereocenters. The number of anilines is 1. The summed E-state index contributed by atoms with van der Waals surface area (Å²) < 4.78 is 0. The number of imidazole rings is 1. The van der Waals surface area contributed by atoms with Crippen LogP contribution in [0, 0.1) is 0 Å². The van der Waals surface area contributed by atoms with Gasteiger partial charge in [-0.1, -0.05) is 19.1 Å². The number of H-pyrrole nitrogens is 3. The maximum Gasteiger partial charge on any atom is 0.272 e. The van der Waals surface area contributed by atoms with E-state index in [4.69, 9.17) is 4.84 Å². The van der Waals surface area contributed by atoms with Crippen LogP contribution >= 0.6 is 0 Å². The van der Waals surface area contributed by atoms with E-state index in [1.807, 2.05) is 6.92 Å². The topological polar surface area (TPSA) is 116 Å². The molecule has 0 radical (unpaired) electrons. The predicted molar refractivity (Wildman–Crippen MR) is 99.1 cm³/mol. The summed E-state index contributed by atoms with van der Waals surface area (Å²) in [5.41, 5.74) is 5.00. The second-order valence-corrected chi connectivity index (χ2v) is 5.57. The second kappa shape index (κ2) is 7.66. The molecule has 0 spiro atoms. The number of rotatable bonds is 5. The molecule has 3 rings (SSSR count). The van der Waals surface area contributed by atoms with E-state index in [-0.39, 0.29) is 16.3 Å². The van der Waals surface area contributed by atoms with Gasteiger partial charge in [0.05, 0.1) is 24.8 Å². The Kier molecular flexibility index (Phi) is 5.14. The molecule has 3 aromatic rings. The maximum absolute atomic E-state index is 12.3. The summed E-state index contributed by atoms with van der Waals surface area (Å²) in [6.45, 7) is 1.98. The van der Waals surface area contributed by atoms with Gasteiger partial charge in [-0.25, -0.2) is 4.98 Å². The van der Waals surface area contributed by atoms with Gasteiger partial charge in [-0.3, -0.25) is 19.9 Å². The average molecular weight is 353 g/mol. The van der Waals surface area contributed by atoms with Crippen molar-refractivity contribution in [2.75, 3.05) is 12.6 Å². The molecule has 0 atom stereocenters. The smallest absolute Gasteiger partial charge is 0.272 e. The van der Waals surface area contributed by atoms with Gasteiger partial charge in [0, 0.05) is 5.69 Å². The van der Waals surface area contributed by atoms with Gasteiger partial charge in [0.1, 0.15) is 10.7 Å². The van der Waals surface area contributed by atoms with Crippen LogP contribution in [0.2, 0.25) is 0 Å². The number of aryl methyl sites for hydroxylation is 1. The lowest BCUT2D eigenvalue weighted by Gasteiger charge is -2.02. The van der Waals surface area contributed by atoms with Gasteiger partial charge in [-0.15, -0.1) is 0 Å². The highest BCUT2D eigenvalue weighted by Gasteiger charge is 2.02. The quantitative estimate of drug-likeness (QED) is 0.481. The fourth-order valence-corrected chi connectivity index (χ4v) is 2.50. The molecule has 8 nitrogen and oxygen atoms in total. The highest BCUT2D eigenvalue weighted by Crippen LogP contribution is 2.09. The molecule has 0 saturated heterocycles. The first-order chi connectivity index (χ1) is 12.6.